The Morgan fingerprint density at radius 1 is 1.19 bits per heavy atom. The maximum Gasteiger partial charge on any atom is 0.161 e. The maximum absolute atomic E-state index is 5.92. The Hall–Kier alpha value is -1.26. The van der Waals surface area contributed by atoms with Gasteiger partial charge in [0.05, 0.1) is 0 Å². The Labute approximate surface area is 127 Å². The normalized spacial score (nSPS) is 26.4. The van der Waals surface area contributed by atoms with Crippen molar-refractivity contribution >= 4 is 0 Å². The molecule has 0 amide bonds. The van der Waals surface area contributed by atoms with Crippen molar-refractivity contribution < 1.29 is 9.47 Å². The zero-order chi connectivity index (χ0) is 14.7. The van der Waals surface area contributed by atoms with Crippen molar-refractivity contribution in [3.63, 3.8) is 0 Å². The van der Waals surface area contributed by atoms with E-state index in [1.54, 1.807) is 0 Å². The molecule has 1 fully saturated rings. The SMILES string of the molecule is CC(NC1CCCCC1CN)c1ccc2c(c1)OCCO2. The van der Waals surface area contributed by atoms with Crippen molar-refractivity contribution in [2.24, 2.45) is 11.7 Å². The topological polar surface area (TPSA) is 56.5 Å². The van der Waals surface area contributed by atoms with Crippen molar-refractivity contribution in [1.29, 1.82) is 0 Å². The van der Waals surface area contributed by atoms with Gasteiger partial charge in [-0.05, 0) is 49.9 Å². The summed E-state index contributed by atoms with van der Waals surface area (Å²) in [4.78, 5) is 0. The molecule has 1 saturated carbocycles. The van der Waals surface area contributed by atoms with Gasteiger partial charge in [0.1, 0.15) is 13.2 Å². The molecule has 1 aromatic rings. The fourth-order valence-corrected chi connectivity index (χ4v) is 3.46. The number of rotatable bonds is 4. The third-order valence-corrected chi connectivity index (χ3v) is 4.74. The Morgan fingerprint density at radius 3 is 2.76 bits per heavy atom. The van der Waals surface area contributed by atoms with E-state index in [1.807, 2.05) is 6.07 Å². The highest BCUT2D eigenvalue weighted by Gasteiger charge is 2.25. The fourth-order valence-electron chi connectivity index (χ4n) is 3.46. The molecule has 1 heterocycles. The molecule has 21 heavy (non-hydrogen) atoms. The van der Waals surface area contributed by atoms with Crippen molar-refractivity contribution in [3.8, 4) is 11.5 Å². The molecule has 1 aromatic carbocycles. The first-order valence-electron chi connectivity index (χ1n) is 8.13. The first kappa shape index (κ1) is 14.7. The maximum atomic E-state index is 5.92. The lowest BCUT2D eigenvalue weighted by Gasteiger charge is -2.34. The summed E-state index contributed by atoms with van der Waals surface area (Å²) < 4.78 is 11.3. The monoisotopic (exact) mass is 290 g/mol. The van der Waals surface area contributed by atoms with Gasteiger partial charge in [0.2, 0.25) is 0 Å². The van der Waals surface area contributed by atoms with E-state index in [4.69, 9.17) is 15.2 Å². The summed E-state index contributed by atoms with van der Waals surface area (Å²) in [7, 11) is 0. The smallest absolute Gasteiger partial charge is 0.161 e. The summed E-state index contributed by atoms with van der Waals surface area (Å²) >= 11 is 0. The largest absolute Gasteiger partial charge is 0.486 e. The predicted molar refractivity (Wildman–Crippen MR) is 83.8 cm³/mol. The van der Waals surface area contributed by atoms with Crippen LogP contribution in [0.25, 0.3) is 0 Å². The Morgan fingerprint density at radius 2 is 1.95 bits per heavy atom. The lowest BCUT2D eigenvalue weighted by Crippen LogP contribution is -2.42. The van der Waals surface area contributed by atoms with Crippen LogP contribution in [0.2, 0.25) is 0 Å². The number of fused-ring (bicyclic) bond motifs is 1. The molecular formula is C17H26N2O2. The van der Waals surface area contributed by atoms with Crippen LogP contribution in [0.1, 0.15) is 44.2 Å². The van der Waals surface area contributed by atoms with Crippen LogP contribution >= 0.6 is 0 Å². The molecule has 4 nitrogen and oxygen atoms in total. The number of hydrogen-bond donors (Lipinski definition) is 2. The van der Waals surface area contributed by atoms with E-state index < -0.39 is 0 Å². The lowest BCUT2D eigenvalue weighted by atomic mass is 9.84. The third kappa shape index (κ3) is 3.33. The summed E-state index contributed by atoms with van der Waals surface area (Å²) in [5.41, 5.74) is 7.17. The minimum absolute atomic E-state index is 0.304. The highest BCUT2D eigenvalue weighted by atomic mass is 16.6. The van der Waals surface area contributed by atoms with Crippen LogP contribution in [0.3, 0.4) is 0 Å². The second-order valence-corrected chi connectivity index (χ2v) is 6.18. The van der Waals surface area contributed by atoms with Crippen molar-refractivity contribution in [2.45, 2.75) is 44.7 Å². The van der Waals surface area contributed by atoms with Crippen molar-refractivity contribution in [3.05, 3.63) is 23.8 Å². The summed E-state index contributed by atoms with van der Waals surface area (Å²) in [5.74, 6) is 2.33. The molecule has 2 aliphatic rings. The van der Waals surface area contributed by atoms with Gasteiger partial charge >= 0.3 is 0 Å². The second kappa shape index (κ2) is 6.67. The molecule has 0 radical (unpaired) electrons. The second-order valence-electron chi connectivity index (χ2n) is 6.18. The fraction of sp³-hybridized carbons (Fsp3) is 0.647. The summed E-state index contributed by atoms with van der Waals surface area (Å²) in [5, 5.41) is 3.77. The molecule has 3 atom stereocenters. The molecule has 4 heteroatoms. The van der Waals surface area contributed by atoms with Gasteiger partial charge in [-0.15, -0.1) is 0 Å². The van der Waals surface area contributed by atoms with Gasteiger partial charge in [-0.3, -0.25) is 0 Å². The highest BCUT2D eigenvalue weighted by Crippen LogP contribution is 2.33. The summed E-state index contributed by atoms with van der Waals surface area (Å²) in [6.45, 7) is 4.27. The van der Waals surface area contributed by atoms with Gasteiger partial charge in [-0.2, -0.15) is 0 Å². The first-order chi connectivity index (χ1) is 10.3. The number of hydrogen-bond acceptors (Lipinski definition) is 4. The molecule has 116 valence electrons. The minimum atomic E-state index is 0.304. The van der Waals surface area contributed by atoms with Crippen molar-refractivity contribution in [2.75, 3.05) is 19.8 Å². The third-order valence-electron chi connectivity index (χ3n) is 4.74. The van der Waals surface area contributed by atoms with E-state index in [1.165, 1.54) is 31.2 Å². The standard InChI is InChI=1S/C17H26N2O2/c1-12(19-15-5-3-2-4-14(15)11-18)13-6-7-16-17(10-13)21-9-8-20-16/h6-7,10,12,14-15,19H,2-5,8-9,11,18H2,1H3. The van der Waals surface area contributed by atoms with E-state index in [0.29, 0.717) is 31.2 Å². The average Bonchev–Trinajstić information content (AvgIpc) is 2.55. The molecule has 0 aromatic heterocycles. The van der Waals surface area contributed by atoms with E-state index in [9.17, 15) is 0 Å². The molecule has 3 N–H and O–H groups in total. The van der Waals surface area contributed by atoms with Crippen LogP contribution in [0.5, 0.6) is 11.5 Å². The zero-order valence-electron chi connectivity index (χ0n) is 12.8. The molecule has 1 aliphatic heterocycles. The van der Waals surface area contributed by atoms with E-state index >= 15 is 0 Å². The molecule has 0 spiro atoms. The van der Waals surface area contributed by atoms with Crippen LogP contribution in [0, 0.1) is 5.92 Å². The molecular weight excluding hydrogens is 264 g/mol. The van der Waals surface area contributed by atoms with Gasteiger partial charge in [0.15, 0.2) is 11.5 Å². The van der Waals surface area contributed by atoms with Crippen LogP contribution in [-0.2, 0) is 0 Å². The molecule has 0 bridgehead atoms. The molecule has 3 rings (SSSR count). The number of nitrogens with two attached hydrogens (primary N) is 1. The summed E-state index contributed by atoms with van der Waals surface area (Å²) in [6.07, 6.45) is 5.11. The Balaban J connectivity index is 1.68. The molecule has 3 unspecified atom stereocenters. The van der Waals surface area contributed by atoms with Crippen LogP contribution in [0.15, 0.2) is 18.2 Å². The highest BCUT2D eigenvalue weighted by molar-refractivity contribution is 5.44. The minimum Gasteiger partial charge on any atom is -0.486 e. The number of nitrogens with one attached hydrogen (secondary N) is 1. The van der Waals surface area contributed by atoms with Gasteiger partial charge in [-0.1, -0.05) is 18.9 Å². The first-order valence-corrected chi connectivity index (χ1v) is 8.13. The zero-order valence-corrected chi connectivity index (χ0v) is 12.8. The van der Waals surface area contributed by atoms with E-state index in [0.717, 1.165) is 18.0 Å². The molecule has 1 aliphatic carbocycles. The van der Waals surface area contributed by atoms with Gasteiger partial charge in [0, 0.05) is 12.1 Å². The van der Waals surface area contributed by atoms with E-state index in [-0.39, 0.29) is 0 Å². The van der Waals surface area contributed by atoms with Crippen LogP contribution < -0.4 is 20.5 Å². The predicted octanol–water partition coefficient (Wildman–Crippen LogP) is 2.63. The van der Waals surface area contributed by atoms with Crippen LogP contribution in [0.4, 0.5) is 0 Å². The number of benzene rings is 1. The Bertz CT molecular complexity index is 478. The van der Waals surface area contributed by atoms with Gasteiger partial charge < -0.3 is 20.5 Å². The average molecular weight is 290 g/mol. The van der Waals surface area contributed by atoms with Crippen LogP contribution in [-0.4, -0.2) is 25.8 Å². The number of ether oxygens (including phenoxy) is 2. The van der Waals surface area contributed by atoms with E-state index in [2.05, 4.69) is 24.4 Å². The summed E-state index contributed by atoms with van der Waals surface area (Å²) in [6, 6.07) is 7.09. The van der Waals surface area contributed by atoms with Crippen molar-refractivity contribution in [1.82, 2.24) is 5.32 Å². The lowest BCUT2D eigenvalue weighted by molar-refractivity contribution is 0.171. The Kier molecular flexibility index (Phi) is 4.66. The molecule has 0 saturated heterocycles. The van der Waals surface area contributed by atoms with Gasteiger partial charge in [0.25, 0.3) is 0 Å². The van der Waals surface area contributed by atoms with Gasteiger partial charge in [-0.25, -0.2) is 0 Å². The quantitative estimate of drug-likeness (QED) is 0.895.